The van der Waals surface area contributed by atoms with Gasteiger partial charge < -0.3 is 4.74 Å². The average Bonchev–Trinajstić information content (AvgIpc) is 2.48. The molecule has 2 atom stereocenters. The second-order valence-corrected chi connectivity index (χ2v) is 5.75. The van der Waals surface area contributed by atoms with Gasteiger partial charge in [0.05, 0.1) is 5.92 Å². The summed E-state index contributed by atoms with van der Waals surface area (Å²) in [6, 6.07) is 9.88. The van der Waals surface area contributed by atoms with Gasteiger partial charge in [0.1, 0.15) is 6.10 Å². The predicted octanol–water partition coefficient (Wildman–Crippen LogP) is 2.43. The van der Waals surface area contributed by atoms with Crippen LogP contribution in [0.3, 0.4) is 0 Å². The summed E-state index contributed by atoms with van der Waals surface area (Å²) in [5, 5.41) is 0. The normalized spacial score (nSPS) is 30.9. The van der Waals surface area contributed by atoms with Gasteiger partial charge in [-0.2, -0.15) is 0 Å². The van der Waals surface area contributed by atoms with E-state index in [-0.39, 0.29) is 18.0 Å². The molecule has 0 aromatic heterocycles. The molecule has 0 amide bonds. The molecule has 3 fully saturated rings. The summed E-state index contributed by atoms with van der Waals surface area (Å²) < 4.78 is 5.76. The smallest absolute Gasteiger partial charge is 0.313 e. The third-order valence-corrected chi connectivity index (χ3v) is 4.52. The molecule has 19 heavy (non-hydrogen) atoms. The Hall–Kier alpha value is -1.35. The molecule has 0 unspecified atom stereocenters. The molecule has 3 heteroatoms. The third-order valence-electron chi connectivity index (χ3n) is 4.52. The van der Waals surface area contributed by atoms with Gasteiger partial charge in [0.2, 0.25) is 0 Å². The number of piperidine rings is 3. The highest BCUT2D eigenvalue weighted by atomic mass is 16.5. The van der Waals surface area contributed by atoms with Gasteiger partial charge >= 0.3 is 5.97 Å². The molecular formula is C16H21NO2. The fraction of sp³-hybridized carbons (Fsp3) is 0.562. The Morgan fingerprint density at radius 2 is 1.95 bits per heavy atom. The van der Waals surface area contributed by atoms with E-state index in [2.05, 4.69) is 4.90 Å². The van der Waals surface area contributed by atoms with Gasteiger partial charge in [-0.25, -0.2) is 0 Å². The molecular weight excluding hydrogens is 238 g/mol. The Kier molecular flexibility index (Phi) is 3.56. The van der Waals surface area contributed by atoms with Gasteiger partial charge in [0.25, 0.3) is 0 Å². The van der Waals surface area contributed by atoms with E-state index in [1.54, 1.807) is 0 Å². The van der Waals surface area contributed by atoms with Crippen molar-refractivity contribution < 1.29 is 9.53 Å². The average molecular weight is 259 g/mol. The number of fused-ring (bicyclic) bond motifs is 3. The summed E-state index contributed by atoms with van der Waals surface area (Å²) in [7, 11) is 0. The highest BCUT2D eigenvalue weighted by Crippen LogP contribution is 2.30. The fourth-order valence-electron chi connectivity index (χ4n) is 3.17. The number of benzene rings is 1. The lowest BCUT2D eigenvalue weighted by Crippen LogP contribution is -2.52. The van der Waals surface area contributed by atoms with Crippen molar-refractivity contribution in [2.24, 2.45) is 5.92 Å². The summed E-state index contributed by atoms with van der Waals surface area (Å²) in [6.45, 7) is 5.21. The first-order valence-corrected chi connectivity index (χ1v) is 7.22. The van der Waals surface area contributed by atoms with E-state index in [9.17, 15) is 4.79 Å². The first-order valence-electron chi connectivity index (χ1n) is 7.22. The van der Waals surface area contributed by atoms with E-state index in [4.69, 9.17) is 4.74 Å². The first-order chi connectivity index (χ1) is 9.24. The molecule has 0 N–H and O–H groups in total. The van der Waals surface area contributed by atoms with Crippen molar-refractivity contribution in [1.29, 1.82) is 0 Å². The zero-order valence-electron chi connectivity index (χ0n) is 11.4. The Labute approximate surface area is 114 Å². The summed E-state index contributed by atoms with van der Waals surface area (Å²) in [5.74, 6) is 0.332. The number of esters is 1. The van der Waals surface area contributed by atoms with Crippen LogP contribution in [0.4, 0.5) is 0 Å². The SMILES string of the molecule is C[C@H](C(=O)O[C@H]1CN2CCC1CC2)c1ccccc1. The minimum atomic E-state index is -0.170. The van der Waals surface area contributed by atoms with Crippen LogP contribution in [0.25, 0.3) is 0 Å². The van der Waals surface area contributed by atoms with Crippen LogP contribution in [0.15, 0.2) is 30.3 Å². The van der Waals surface area contributed by atoms with Crippen LogP contribution < -0.4 is 0 Å². The molecule has 102 valence electrons. The zero-order chi connectivity index (χ0) is 13.2. The molecule has 4 rings (SSSR count). The van der Waals surface area contributed by atoms with Gasteiger partial charge in [0.15, 0.2) is 0 Å². The number of rotatable bonds is 3. The topological polar surface area (TPSA) is 29.5 Å². The molecule has 0 radical (unpaired) electrons. The van der Waals surface area contributed by atoms with Crippen molar-refractivity contribution in [3.63, 3.8) is 0 Å². The number of carbonyl (C=O) groups is 1. The van der Waals surface area contributed by atoms with E-state index >= 15 is 0 Å². The molecule has 0 spiro atoms. The Bertz CT molecular complexity index is 437. The minimum Gasteiger partial charge on any atom is -0.460 e. The number of hydrogen-bond donors (Lipinski definition) is 0. The number of ether oxygens (including phenoxy) is 1. The molecule has 0 aliphatic carbocycles. The molecule has 0 saturated carbocycles. The van der Waals surface area contributed by atoms with Crippen molar-refractivity contribution in [2.45, 2.75) is 31.8 Å². The number of hydrogen-bond acceptors (Lipinski definition) is 3. The van der Waals surface area contributed by atoms with Crippen LogP contribution in [0, 0.1) is 5.92 Å². The van der Waals surface area contributed by atoms with Gasteiger partial charge in [-0.3, -0.25) is 9.69 Å². The van der Waals surface area contributed by atoms with Crippen molar-refractivity contribution in [1.82, 2.24) is 4.90 Å². The number of carbonyl (C=O) groups excluding carboxylic acids is 1. The molecule has 3 nitrogen and oxygen atoms in total. The van der Waals surface area contributed by atoms with E-state index in [1.807, 2.05) is 37.3 Å². The Morgan fingerprint density at radius 1 is 1.26 bits per heavy atom. The van der Waals surface area contributed by atoms with E-state index in [0.717, 1.165) is 12.1 Å². The maximum absolute atomic E-state index is 12.2. The molecule has 2 bridgehead atoms. The van der Waals surface area contributed by atoms with Crippen LogP contribution in [0.1, 0.15) is 31.2 Å². The van der Waals surface area contributed by atoms with Gasteiger partial charge in [0, 0.05) is 6.54 Å². The van der Waals surface area contributed by atoms with Crippen LogP contribution in [0.5, 0.6) is 0 Å². The van der Waals surface area contributed by atoms with Crippen molar-refractivity contribution in [3.05, 3.63) is 35.9 Å². The van der Waals surface area contributed by atoms with Crippen LogP contribution in [0.2, 0.25) is 0 Å². The molecule has 3 aliphatic rings. The highest BCUT2D eigenvalue weighted by Gasteiger charge is 2.37. The molecule has 3 saturated heterocycles. The third kappa shape index (κ3) is 2.66. The summed E-state index contributed by atoms with van der Waals surface area (Å²) in [4.78, 5) is 14.7. The lowest BCUT2D eigenvalue weighted by atomic mass is 9.86. The molecule has 1 aromatic carbocycles. The van der Waals surface area contributed by atoms with Gasteiger partial charge in [-0.1, -0.05) is 30.3 Å². The second kappa shape index (κ2) is 5.33. The first kappa shape index (κ1) is 12.7. The van der Waals surface area contributed by atoms with Gasteiger partial charge in [-0.05, 0) is 44.3 Å². The quantitative estimate of drug-likeness (QED) is 0.781. The monoisotopic (exact) mass is 259 g/mol. The maximum Gasteiger partial charge on any atom is 0.313 e. The fourth-order valence-corrected chi connectivity index (χ4v) is 3.17. The van der Waals surface area contributed by atoms with Crippen LogP contribution >= 0.6 is 0 Å². The van der Waals surface area contributed by atoms with Gasteiger partial charge in [-0.15, -0.1) is 0 Å². The Balaban J connectivity index is 1.62. The summed E-state index contributed by atoms with van der Waals surface area (Å²) >= 11 is 0. The van der Waals surface area contributed by atoms with E-state index in [1.165, 1.54) is 25.9 Å². The Morgan fingerprint density at radius 3 is 2.53 bits per heavy atom. The zero-order valence-corrected chi connectivity index (χ0v) is 11.4. The molecule has 1 aromatic rings. The van der Waals surface area contributed by atoms with Crippen LogP contribution in [-0.4, -0.2) is 36.6 Å². The lowest BCUT2D eigenvalue weighted by Gasteiger charge is -2.44. The van der Waals surface area contributed by atoms with Crippen molar-refractivity contribution in [2.75, 3.05) is 19.6 Å². The summed E-state index contributed by atoms with van der Waals surface area (Å²) in [6.07, 6.45) is 2.47. The summed E-state index contributed by atoms with van der Waals surface area (Å²) in [5.41, 5.74) is 1.04. The number of nitrogens with zero attached hydrogens (tertiary/aromatic N) is 1. The standard InChI is InChI=1S/C16H21NO2/c1-12(13-5-3-2-4-6-13)16(18)19-15-11-17-9-7-14(15)8-10-17/h2-6,12,14-15H,7-11H2,1H3/t12-,15-/m0/s1. The van der Waals surface area contributed by atoms with Crippen molar-refractivity contribution >= 4 is 5.97 Å². The maximum atomic E-state index is 12.2. The van der Waals surface area contributed by atoms with E-state index < -0.39 is 0 Å². The molecule has 3 heterocycles. The minimum absolute atomic E-state index is 0.0788. The highest BCUT2D eigenvalue weighted by molar-refractivity contribution is 5.77. The second-order valence-electron chi connectivity index (χ2n) is 5.75. The largest absolute Gasteiger partial charge is 0.460 e. The predicted molar refractivity (Wildman–Crippen MR) is 73.9 cm³/mol. The van der Waals surface area contributed by atoms with E-state index in [0.29, 0.717) is 5.92 Å². The lowest BCUT2D eigenvalue weighted by molar-refractivity contribution is -0.160. The molecule has 3 aliphatic heterocycles. The van der Waals surface area contributed by atoms with Crippen molar-refractivity contribution in [3.8, 4) is 0 Å². The van der Waals surface area contributed by atoms with Crippen LogP contribution in [-0.2, 0) is 9.53 Å².